The van der Waals surface area contributed by atoms with E-state index in [0.29, 0.717) is 5.56 Å². The van der Waals surface area contributed by atoms with Gasteiger partial charge in [0.05, 0.1) is 12.7 Å². The first kappa shape index (κ1) is 13.3. The number of amides is 1. The van der Waals surface area contributed by atoms with Crippen molar-refractivity contribution in [2.75, 3.05) is 12.4 Å². The summed E-state index contributed by atoms with van der Waals surface area (Å²) in [7, 11) is 1.35. The van der Waals surface area contributed by atoms with Gasteiger partial charge in [0.2, 0.25) is 5.91 Å². The lowest BCUT2D eigenvalue weighted by Gasteiger charge is -2.07. The molecule has 5 heteroatoms. The molecule has 1 atom stereocenters. The van der Waals surface area contributed by atoms with Crippen LogP contribution in [-0.2, 0) is 9.53 Å². The van der Waals surface area contributed by atoms with E-state index in [4.69, 9.17) is 5.73 Å². The van der Waals surface area contributed by atoms with Gasteiger partial charge < -0.3 is 15.8 Å². The number of benzene rings is 2. The topological polar surface area (TPSA) is 81.4 Å². The largest absolute Gasteiger partial charge is 0.465 e. The number of methoxy groups -OCH3 is 1. The molecular weight excluding hydrogens is 268 g/mol. The lowest BCUT2D eigenvalue weighted by atomic mass is 9.99. The third kappa shape index (κ3) is 2.28. The minimum atomic E-state index is -0.630. The molecule has 21 heavy (non-hydrogen) atoms. The average molecular weight is 282 g/mol. The van der Waals surface area contributed by atoms with E-state index in [-0.39, 0.29) is 11.9 Å². The van der Waals surface area contributed by atoms with Gasteiger partial charge in [-0.15, -0.1) is 0 Å². The number of carbonyl (C=O) groups is 2. The number of esters is 1. The summed E-state index contributed by atoms with van der Waals surface area (Å²) >= 11 is 0. The third-order valence-corrected chi connectivity index (χ3v) is 3.57. The number of ether oxygens (including phenoxy) is 1. The van der Waals surface area contributed by atoms with Crippen molar-refractivity contribution in [3.05, 3.63) is 53.6 Å². The summed E-state index contributed by atoms with van der Waals surface area (Å²) in [5.74, 6) is -0.560. The van der Waals surface area contributed by atoms with Gasteiger partial charge in [0, 0.05) is 11.3 Å². The highest BCUT2D eigenvalue weighted by Crippen LogP contribution is 2.33. The Morgan fingerprint density at radius 2 is 1.81 bits per heavy atom. The number of anilines is 1. The van der Waals surface area contributed by atoms with Gasteiger partial charge in [-0.05, 0) is 35.4 Å². The zero-order valence-corrected chi connectivity index (χ0v) is 11.4. The Labute approximate surface area is 121 Å². The van der Waals surface area contributed by atoms with Crippen molar-refractivity contribution in [3.8, 4) is 11.1 Å². The monoisotopic (exact) mass is 282 g/mol. The molecule has 2 aromatic carbocycles. The molecule has 0 aromatic heterocycles. The predicted molar refractivity (Wildman–Crippen MR) is 78.8 cm³/mol. The second-order valence-electron chi connectivity index (χ2n) is 4.84. The second-order valence-corrected chi connectivity index (χ2v) is 4.84. The van der Waals surface area contributed by atoms with Crippen LogP contribution in [0.1, 0.15) is 22.0 Å². The second kappa shape index (κ2) is 5.03. The van der Waals surface area contributed by atoms with Gasteiger partial charge in [0.15, 0.2) is 0 Å². The third-order valence-electron chi connectivity index (χ3n) is 3.57. The summed E-state index contributed by atoms with van der Waals surface area (Å²) in [5.41, 5.74) is 9.76. The fourth-order valence-electron chi connectivity index (χ4n) is 2.38. The molecule has 3 rings (SSSR count). The quantitative estimate of drug-likeness (QED) is 0.826. The van der Waals surface area contributed by atoms with Crippen LogP contribution in [0.4, 0.5) is 5.69 Å². The normalized spacial score (nSPS) is 16.3. The lowest BCUT2D eigenvalue weighted by molar-refractivity contribution is -0.116. The Hall–Kier alpha value is -2.66. The summed E-state index contributed by atoms with van der Waals surface area (Å²) in [6.07, 6.45) is 0. The van der Waals surface area contributed by atoms with Crippen LogP contribution in [0.5, 0.6) is 0 Å². The molecular formula is C16H14N2O3. The fourth-order valence-corrected chi connectivity index (χ4v) is 2.38. The lowest BCUT2D eigenvalue weighted by Crippen LogP contribution is -2.19. The molecule has 1 heterocycles. The van der Waals surface area contributed by atoms with Gasteiger partial charge in [-0.1, -0.05) is 18.2 Å². The summed E-state index contributed by atoms with van der Waals surface area (Å²) in [6, 6.07) is 12.1. The first-order valence-electron chi connectivity index (χ1n) is 6.49. The zero-order valence-electron chi connectivity index (χ0n) is 11.4. The van der Waals surface area contributed by atoms with Crippen molar-refractivity contribution in [1.82, 2.24) is 0 Å². The highest BCUT2D eigenvalue weighted by molar-refractivity contribution is 6.03. The van der Waals surface area contributed by atoms with Crippen molar-refractivity contribution in [2.24, 2.45) is 5.73 Å². The van der Waals surface area contributed by atoms with Gasteiger partial charge in [0.25, 0.3) is 0 Å². The Morgan fingerprint density at radius 3 is 2.48 bits per heavy atom. The molecule has 1 amide bonds. The molecule has 0 bridgehead atoms. The molecule has 0 unspecified atom stereocenters. The Kier molecular flexibility index (Phi) is 3.19. The van der Waals surface area contributed by atoms with Crippen molar-refractivity contribution < 1.29 is 14.3 Å². The number of fused-ring (bicyclic) bond motifs is 1. The van der Waals surface area contributed by atoms with Crippen LogP contribution < -0.4 is 11.1 Å². The van der Waals surface area contributed by atoms with E-state index < -0.39 is 6.04 Å². The first-order chi connectivity index (χ1) is 10.1. The Morgan fingerprint density at radius 1 is 1.14 bits per heavy atom. The average Bonchev–Trinajstić information content (AvgIpc) is 2.81. The minimum Gasteiger partial charge on any atom is -0.465 e. The van der Waals surface area contributed by atoms with Crippen LogP contribution in [0.3, 0.4) is 0 Å². The van der Waals surface area contributed by atoms with Crippen LogP contribution >= 0.6 is 0 Å². The molecule has 2 aromatic rings. The molecule has 0 aliphatic carbocycles. The summed E-state index contributed by atoms with van der Waals surface area (Å²) in [5, 5.41) is 2.73. The summed E-state index contributed by atoms with van der Waals surface area (Å²) < 4.78 is 4.67. The molecule has 3 N–H and O–H groups in total. The molecule has 1 aliphatic heterocycles. The van der Waals surface area contributed by atoms with Crippen LogP contribution in [0, 0.1) is 0 Å². The molecule has 0 saturated carbocycles. The maximum absolute atomic E-state index is 11.5. The van der Waals surface area contributed by atoms with E-state index in [0.717, 1.165) is 22.4 Å². The van der Waals surface area contributed by atoms with Crippen molar-refractivity contribution in [3.63, 3.8) is 0 Å². The van der Waals surface area contributed by atoms with Crippen LogP contribution in [0.2, 0.25) is 0 Å². The molecule has 0 spiro atoms. The Balaban J connectivity index is 1.95. The maximum atomic E-state index is 11.5. The van der Waals surface area contributed by atoms with Gasteiger partial charge in [0.1, 0.15) is 6.04 Å². The number of rotatable bonds is 2. The predicted octanol–water partition coefficient (Wildman–Crippen LogP) is 2.09. The van der Waals surface area contributed by atoms with Gasteiger partial charge in [-0.2, -0.15) is 0 Å². The van der Waals surface area contributed by atoms with Gasteiger partial charge in [-0.3, -0.25) is 4.79 Å². The summed E-state index contributed by atoms with van der Waals surface area (Å²) in [6.45, 7) is 0. The molecule has 5 nitrogen and oxygen atoms in total. The standard InChI is InChI=1S/C16H14N2O3/c1-21-16(20)10-4-2-9(3-5-10)11-6-7-13-12(8-11)14(17)15(19)18-13/h2-8,14H,17H2,1H3,(H,18,19)/t14-/m0/s1. The highest BCUT2D eigenvalue weighted by atomic mass is 16.5. The van der Waals surface area contributed by atoms with Crippen LogP contribution in [-0.4, -0.2) is 19.0 Å². The molecule has 0 radical (unpaired) electrons. The molecule has 0 saturated heterocycles. The first-order valence-corrected chi connectivity index (χ1v) is 6.49. The number of nitrogens with two attached hydrogens (primary N) is 1. The van der Waals surface area contributed by atoms with Gasteiger partial charge in [-0.25, -0.2) is 4.79 Å². The zero-order chi connectivity index (χ0) is 15.0. The van der Waals surface area contributed by atoms with Crippen molar-refractivity contribution in [2.45, 2.75) is 6.04 Å². The highest BCUT2D eigenvalue weighted by Gasteiger charge is 2.27. The van der Waals surface area contributed by atoms with Crippen LogP contribution in [0.25, 0.3) is 11.1 Å². The van der Waals surface area contributed by atoms with E-state index in [1.54, 1.807) is 12.1 Å². The fraction of sp³-hybridized carbons (Fsp3) is 0.125. The molecule has 106 valence electrons. The number of carbonyl (C=O) groups excluding carboxylic acids is 2. The van der Waals surface area contributed by atoms with E-state index in [2.05, 4.69) is 10.1 Å². The molecule has 0 fully saturated rings. The van der Waals surface area contributed by atoms with Crippen molar-refractivity contribution >= 4 is 17.6 Å². The summed E-state index contributed by atoms with van der Waals surface area (Å²) in [4.78, 5) is 23.0. The number of nitrogens with one attached hydrogen (secondary N) is 1. The maximum Gasteiger partial charge on any atom is 0.337 e. The minimum absolute atomic E-state index is 0.191. The number of hydrogen-bond acceptors (Lipinski definition) is 4. The van der Waals surface area contributed by atoms with E-state index in [1.807, 2.05) is 30.3 Å². The van der Waals surface area contributed by atoms with Gasteiger partial charge >= 0.3 is 5.97 Å². The van der Waals surface area contributed by atoms with E-state index in [9.17, 15) is 9.59 Å². The van der Waals surface area contributed by atoms with E-state index >= 15 is 0 Å². The number of hydrogen-bond donors (Lipinski definition) is 2. The SMILES string of the molecule is COC(=O)c1ccc(-c2ccc3c(c2)[C@H](N)C(=O)N3)cc1. The Bertz CT molecular complexity index is 723. The van der Waals surface area contributed by atoms with Crippen LogP contribution in [0.15, 0.2) is 42.5 Å². The van der Waals surface area contributed by atoms with Crippen molar-refractivity contribution in [1.29, 1.82) is 0 Å². The smallest absolute Gasteiger partial charge is 0.337 e. The molecule has 1 aliphatic rings. The van der Waals surface area contributed by atoms with E-state index in [1.165, 1.54) is 7.11 Å².